The van der Waals surface area contributed by atoms with Crippen LogP contribution in [0.3, 0.4) is 0 Å². The maximum atomic E-state index is 12.0. The smallest absolute Gasteiger partial charge is 0.273 e. The summed E-state index contributed by atoms with van der Waals surface area (Å²) in [5.41, 5.74) is 0.396. The van der Waals surface area contributed by atoms with Gasteiger partial charge in [-0.1, -0.05) is 25.6 Å². The van der Waals surface area contributed by atoms with E-state index in [9.17, 15) is 4.79 Å². The molecule has 2 rings (SSSR count). The minimum Gasteiger partial charge on any atom is -0.447 e. The van der Waals surface area contributed by atoms with E-state index >= 15 is 0 Å². The van der Waals surface area contributed by atoms with Crippen LogP contribution in [0.15, 0.2) is 26.7 Å². The van der Waals surface area contributed by atoms with Gasteiger partial charge < -0.3 is 9.73 Å². The highest BCUT2D eigenvalue weighted by molar-refractivity contribution is 8.00. The molecule has 0 atom stereocenters. The van der Waals surface area contributed by atoms with Gasteiger partial charge in [0.2, 0.25) is 0 Å². The normalized spacial score (nSPS) is 10.9. The predicted octanol–water partition coefficient (Wildman–Crippen LogP) is 3.17. The predicted molar refractivity (Wildman–Crippen MR) is 80.4 cm³/mol. The summed E-state index contributed by atoms with van der Waals surface area (Å²) in [6, 6.07) is 0. The highest BCUT2D eigenvalue weighted by atomic mass is 32.2. The molecule has 0 spiro atoms. The van der Waals surface area contributed by atoms with Gasteiger partial charge in [0.1, 0.15) is 10.1 Å². The van der Waals surface area contributed by atoms with Crippen LogP contribution in [0.5, 0.6) is 0 Å². The molecule has 0 aliphatic heterocycles. The second kappa shape index (κ2) is 7.44. The molecule has 0 aliphatic rings. The average Bonchev–Trinajstić information content (AvgIpc) is 3.09. The number of carbonyl (C=O) groups is 1. The van der Waals surface area contributed by atoms with Crippen LogP contribution in [0.2, 0.25) is 0 Å². The number of rotatable bonds is 7. The number of thioether (sulfide) groups is 1. The number of nitrogens with one attached hydrogen (secondary N) is 1. The van der Waals surface area contributed by atoms with E-state index in [2.05, 4.69) is 15.3 Å². The lowest BCUT2D eigenvalue weighted by atomic mass is 10.1. The van der Waals surface area contributed by atoms with E-state index in [1.807, 2.05) is 19.2 Å². The number of amides is 1. The summed E-state index contributed by atoms with van der Waals surface area (Å²) in [6.07, 6.45) is 4.01. The number of nitrogens with zero attached hydrogens (tertiary/aromatic N) is 2. The molecular weight excluding hydrogens is 294 g/mol. The summed E-state index contributed by atoms with van der Waals surface area (Å²) in [5.74, 6) is 1.56. The van der Waals surface area contributed by atoms with Crippen molar-refractivity contribution in [2.75, 3.05) is 12.3 Å². The standard InChI is InChI=1S/C13H17N3O2S2/c1-9(2)11-10(16-8-18-11)12(17)14-4-3-6-19-13-15-5-7-20-13/h5,7-9H,3-4,6H2,1-2H3,(H,14,17). The van der Waals surface area contributed by atoms with Gasteiger partial charge in [-0.15, -0.1) is 11.3 Å². The van der Waals surface area contributed by atoms with Crippen molar-refractivity contribution >= 4 is 29.0 Å². The van der Waals surface area contributed by atoms with Gasteiger partial charge in [0, 0.05) is 29.8 Å². The summed E-state index contributed by atoms with van der Waals surface area (Å²) >= 11 is 3.34. The molecule has 0 saturated heterocycles. The van der Waals surface area contributed by atoms with Crippen molar-refractivity contribution in [3.8, 4) is 0 Å². The average molecular weight is 311 g/mol. The van der Waals surface area contributed by atoms with Crippen molar-refractivity contribution in [1.82, 2.24) is 15.3 Å². The fourth-order valence-electron chi connectivity index (χ4n) is 1.63. The zero-order valence-corrected chi connectivity index (χ0v) is 13.1. The van der Waals surface area contributed by atoms with Crippen molar-refractivity contribution in [3.05, 3.63) is 29.4 Å². The highest BCUT2D eigenvalue weighted by Gasteiger charge is 2.18. The van der Waals surface area contributed by atoms with Crippen LogP contribution in [0.1, 0.15) is 42.4 Å². The minimum atomic E-state index is -0.165. The fraction of sp³-hybridized carbons (Fsp3) is 0.462. The Labute approximate surface area is 126 Å². The summed E-state index contributed by atoms with van der Waals surface area (Å²) in [5, 5.41) is 4.83. The molecule has 0 bridgehead atoms. The van der Waals surface area contributed by atoms with Crippen LogP contribution in [0, 0.1) is 0 Å². The van der Waals surface area contributed by atoms with Gasteiger partial charge in [-0.2, -0.15) is 0 Å². The Morgan fingerprint density at radius 2 is 2.35 bits per heavy atom. The first-order valence-electron chi connectivity index (χ1n) is 6.42. The summed E-state index contributed by atoms with van der Waals surface area (Å²) in [6.45, 7) is 4.57. The molecule has 0 fully saturated rings. The van der Waals surface area contributed by atoms with Gasteiger partial charge in [0.05, 0.1) is 0 Å². The third kappa shape index (κ3) is 4.08. The molecular formula is C13H17N3O2S2. The number of oxazole rings is 1. The topological polar surface area (TPSA) is 68.0 Å². The Morgan fingerprint density at radius 3 is 3.05 bits per heavy atom. The van der Waals surface area contributed by atoms with Crippen LogP contribution in [-0.2, 0) is 0 Å². The van der Waals surface area contributed by atoms with Crippen molar-refractivity contribution in [2.45, 2.75) is 30.5 Å². The molecule has 2 aromatic heterocycles. The molecule has 0 radical (unpaired) electrons. The number of hydrogen-bond acceptors (Lipinski definition) is 6. The van der Waals surface area contributed by atoms with Gasteiger partial charge in [-0.3, -0.25) is 4.79 Å². The van der Waals surface area contributed by atoms with E-state index in [1.54, 1.807) is 29.3 Å². The SMILES string of the molecule is CC(C)c1ocnc1C(=O)NCCCSc1nccs1. The summed E-state index contributed by atoms with van der Waals surface area (Å²) in [4.78, 5) is 20.1. The van der Waals surface area contributed by atoms with Crippen molar-refractivity contribution in [3.63, 3.8) is 0 Å². The van der Waals surface area contributed by atoms with E-state index in [0.29, 0.717) is 18.0 Å². The molecule has 20 heavy (non-hydrogen) atoms. The molecule has 0 saturated carbocycles. The molecule has 5 nitrogen and oxygen atoms in total. The van der Waals surface area contributed by atoms with E-state index in [-0.39, 0.29) is 11.8 Å². The van der Waals surface area contributed by atoms with Gasteiger partial charge in [0.25, 0.3) is 5.91 Å². The van der Waals surface area contributed by atoms with Gasteiger partial charge >= 0.3 is 0 Å². The van der Waals surface area contributed by atoms with Crippen molar-refractivity contribution in [2.24, 2.45) is 0 Å². The lowest BCUT2D eigenvalue weighted by molar-refractivity contribution is 0.0947. The minimum absolute atomic E-state index is 0.152. The third-order valence-corrected chi connectivity index (χ3v) is 4.63. The molecule has 7 heteroatoms. The van der Waals surface area contributed by atoms with Crippen molar-refractivity contribution < 1.29 is 9.21 Å². The first-order chi connectivity index (χ1) is 9.68. The lowest BCUT2D eigenvalue weighted by Crippen LogP contribution is -2.26. The monoisotopic (exact) mass is 311 g/mol. The molecule has 0 aliphatic carbocycles. The second-order valence-corrected chi connectivity index (χ2v) is 6.71. The third-order valence-electron chi connectivity index (χ3n) is 2.58. The number of aromatic nitrogens is 2. The maximum Gasteiger partial charge on any atom is 0.273 e. The van der Waals surface area contributed by atoms with Gasteiger partial charge in [-0.25, -0.2) is 9.97 Å². The molecule has 2 heterocycles. The number of thiazole rings is 1. The largest absolute Gasteiger partial charge is 0.447 e. The van der Waals surface area contributed by atoms with E-state index in [4.69, 9.17) is 4.42 Å². The van der Waals surface area contributed by atoms with Crippen LogP contribution in [0.4, 0.5) is 0 Å². The van der Waals surface area contributed by atoms with E-state index < -0.39 is 0 Å². The zero-order valence-electron chi connectivity index (χ0n) is 11.5. The molecule has 108 valence electrons. The molecule has 0 unspecified atom stereocenters. The summed E-state index contributed by atoms with van der Waals surface area (Å²) in [7, 11) is 0. The lowest BCUT2D eigenvalue weighted by Gasteiger charge is -2.05. The quantitative estimate of drug-likeness (QED) is 0.628. The van der Waals surface area contributed by atoms with E-state index in [0.717, 1.165) is 16.5 Å². The number of carbonyl (C=O) groups excluding carboxylic acids is 1. The van der Waals surface area contributed by atoms with Crippen LogP contribution in [0.25, 0.3) is 0 Å². The first kappa shape index (κ1) is 15.1. The Hall–Kier alpha value is -1.34. The van der Waals surface area contributed by atoms with Crippen LogP contribution < -0.4 is 5.32 Å². The van der Waals surface area contributed by atoms with Crippen LogP contribution in [-0.4, -0.2) is 28.2 Å². The maximum absolute atomic E-state index is 12.0. The Morgan fingerprint density at radius 1 is 1.50 bits per heavy atom. The summed E-state index contributed by atoms with van der Waals surface area (Å²) < 4.78 is 6.31. The Balaban J connectivity index is 1.71. The van der Waals surface area contributed by atoms with Gasteiger partial charge in [0.15, 0.2) is 12.1 Å². The molecule has 0 aromatic carbocycles. The molecule has 1 N–H and O–H groups in total. The van der Waals surface area contributed by atoms with E-state index in [1.165, 1.54) is 6.39 Å². The van der Waals surface area contributed by atoms with Crippen LogP contribution >= 0.6 is 23.1 Å². The Bertz CT molecular complexity index is 538. The highest BCUT2D eigenvalue weighted by Crippen LogP contribution is 2.20. The molecule has 1 amide bonds. The Kier molecular flexibility index (Phi) is 5.60. The molecule has 2 aromatic rings. The zero-order chi connectivity index (χ0) is 14.4. The van der Waals surface area contributed by atoms with Crippen molar-refractivity contribution in [1.29, 1.82) is 0 Å². The fourth-order valence-corrected chi connectivity index (χ4v) is 3.28. The first-order valence-corrected chi connectivity index (χ1v) is 8.29. The van der Waals surface area contributed by atoms with Gasteiger partial charge in [-0.05, 0) is 6.42 Å². The number of hydrogen-bond donors (Lipinski definition) is 1. The second-order valence-electron chi connectivity index (χ2n) is 4.48.